The topological polar surface area (TPSA) is 16.4 Å². The smallest absolute Gasteiger partial charge is 0.143 e. The van der Waals surface area contributed by atoms with E-state index in [1.165, 1.54) is 44.5 Å². The van der Waals surface area contributed by atoms with Crippen LogP contribution in [-0.4, -0.2) is 0 Å². The molecule has 0 N–H and O–H groups in total. The molecule has 1 heterocycles. The van der Waals surface area contributed by atoms with Gasteiger partial charge in [0.05, 0.1) is 0 Å². The summed E-state index contributed by atoms with van der Waals surface area (Å²) < 4.78 is 6.52. The third-order valence-corrected chi connectivity index (χ3v) is 12.7. The number of rotatable bonds is 12. The van der Waals surface area contributed by atoms with Crippen LogP contribution in [0.3, 0.4) is 0 Å². The highest BCUT2D eigenvalue weighted by molar-refractivity contribution is 6.08. The van der Waals surface area contributed by atoms with Crippen LogP contribution in [0.25, 0.3) is 94.3 Å². The van der Waals surface area contributed by atoms with Crippen LogP contribution in [0.4, 0.5) is 11.4 Å². The molecule has 0 aliphatic carbocycles. The fraction of sp³-hybridized carbons (Fsp3) is 0. The van der Waals surface area contributed by atoms with Crippen LogP contribution in [0.15, 0.2) is 284 Å². The van der Waals surface area contributed by atoms with E-state index < -0.39 is 0 Å². The van der Waals surface area contributed by atoms with Gasteiger partial charge in [-0.05, 0) is 145 Å². The van der Waals surface area contributed by atoms with Crippen molar-refractivity contribution in [3.63, 3.8) is 0 Å². The molecule has 0 aliphatic heterocycles. The first-order valence-electron chi connectivity index (χ1n) is 23.1. The summed E-state index contributed by atoms with van der Waals surface area (Å²) in [5.41, 5.74) is 19.8. The Labute approximate surface area is 398 Å². The molecule has 0 spiro atoms. The van der Waals surface area contributed by atoms with Gasteiger partial charge in [-0.15, -0.1) is 0 Å². The normalized spacial score (nSPS) is 11.6. The maximum absolute atomic E-state index is 6.52. The van der Waals surface area contributed by atoms with Crippen molar-refractivity contribution >= 4 is 38.9 Å². The van der Waals surface area contributed by atoms with E-state index in [0.717, 1.165) is 66.7 Å². The Bertz CT molecular complexity index is 3300. The van der Waals surface area contributed by atoms with Gasteiger partial charge in [-0.2, -0.15) is 0 Å². The number of anilines is 2. The molecule has 0 atom stereocenters. The minimum Gasteiger partial charge on any atom is -0.455 e. The number of allylic oxidation sites excluding steroid dienone is 4. The van der Waals surface area contributed by atoms with Crippen LogP contribution in [0.5, 0.6) is 0 Å². The van der Waals surface area contributed by atoms with E-state index in [4.69, 9.17) is 4.42 Å². The summed E-state index contributed by atoms with van der Waals surface area (Å²) in [6.45, 7) is 4.12. The number of furan rings is 1. The zero-order chi connectivity index (χ0) is 45.7. The fourth-order valence-corrected chi connectivity index (χ4v) is 9.22. The van der Waals surface area contributed by atoms with Gasteiger partial charge in [-0.3, -0.25) is 0 Å². The molecule has 1 aromatic heterocycles. The summed E-state index contributed by atoms with van der Waals surface area (Å²) in [5, 5.41) is 2.19. The summed E-state index contributed by atoms with van der Waals surface area (Å²) >= 11 is 0. The molecular weight excluding hydrogens is 823 g/mol. The summed E-state index contributed by atoms with van der Waals surface area (Å²) in [6, 6.07) is 88.7. The fourth-order valence-electron chi connectivity index (χ4n) is 9.22. The molecule has 0 bridgehead atoms. The van der Waals surface area contributed by atoms with Gasteiger partial charge in [-0.25, -0.2) is 0 Å². The number of hydrogen-bond donors (Lipinski definition) is 0. The lowest BCUT2D eigenvalue weighted by Crippen LogP contribution is -2.08. The van der Waals surface area contributed by atoms with E-state index in [0.29, 0.717) is 0 Å². The zero-order valence-corrected chi connectivity index (χ0v) is 37.5. The first-order chi connectivity index (χ1) is 33.6. The maximum atomic E-state index is 6.52. The lowest BCUT2D eigenvalue weighted by Gasteiger charge is -2.22. The Kier molecular flexibility index (Phi) is 11.6. The largest absolute Gasteiger partial charge is 0.455 e. The van der Waals surface area contributed by atoms with Gasteiger partial charge >= 0.3 is 0 Å². The van der Waals surface area contributed by atoms with Gasteiger partial charge in [0.15, 0.2) is 0 Å². The van der Waals surface area contributed by atoms with Gasteiger partial charge < -0.3 is 9.32 Å². The summed E-state index contributed by atoms with van der Waals surface area (Å²) in [6.07, 6.45) is 8.22. The van der Waals surface area contributed by atoms with Crippen LogP contribution in [-0.2, 0) is 0 Å². The van der Waals surface area contributed by atoms with Gasteiger partial charge in [-0.1, -0.05) is 201 Å². The lowest BCUT2D eigenvalue weighted by molar-refractivity contribution is 0.668. The Hall–Kier alpha value is -8.98. The predicted molar refractivity (Wildman–Crippen MR) is 289 cm³/mol. The highest BCUT2D eigenvalue weighted by Crippen LogP contribution is 2.39. The van der Waals surface area contributed by atoms with Crippen molar-refractivity contribution in [3.05, 3.63) is 285 Å². The summed E-state index contributed by atoms with van der Waals surface area (Å²) in [5.74, 6) is 0. The number of nitrogens with zero attached hydrogens (tertiary/aromatic N) is 1. The molecule has 0 aliphatic rings. The van der Waals surface area contributed by atoms with Crippen LogP contribution in [0.1, 0.15) is 5.56 Å². The number of fused-ring (bicyclic) bond motifs is 3. The Morgan fingerprint density at radius 1 is 0.353 bits per heavy atom. The van der Waals surface area contributed by atoms with Crippen LogP contribution in [0, 0.1) is 0 Å². The first-order valence-corrected chi connectivity index (χ1v) is 23.1. The molecule has 11 aromatic rings. The molecule has 2 heteroatoms. The average molecular weight is 870 g/mol. The Balaban J connectivity index is 1.00. The van der Waals surface area contributed by atoms with Crippen LogP contribution >= 0.6 is 0 Å². The van der Waals surface area contributed by atoms with Crippen molar-refractivity contribution in [1.82, 2.24) is 0 Å². The lowest BCUT2D eigenvalue weighted by atomic mass is 9.93. The standard InChI is InChI=1S/C66H47NO/c1-2-18-53(62-28-17-29-64-63-27-15-16-30-65(63)68-66(62)64)39-40-67(60-35-31-51(32-36-60)58-43-54(47-19-7-3-8-20-47)41-55(44-58)48-21-9-4-10-22-48)61-37-33-52(34-38-61)59-45-56(49-23-11-5-12-24-49)42-57(46-59)50-25-13-6-14-26-50/h2-46H,1H2/b40-39-,53-18+. The van der Waals surface area contributed by atoms with E-state index in [2.05, 4.69) is 266 Å². The van der Waals surface area contributed by atoms with Gasteiger partial charge in [0, 0.05) is 33.9 Å². The second-order valence-electron chi connectivity index (χ2n) is 17.0. The maximum Gasteiger partial charge on any atom is 0.143 e. The van der Waals surface area contributed by atoms with Crippen molar-refractivity contribution in [3.8, 4) is 66.8 Å². The van der Waals surface area contributed by atoms with Crippen molar-refractivity contribution < 1.29 is 4.42 Å². The average Bonchev–Trinajstić information content (AvgIpc) is 3.81. The molecule has 0 unspecified atom stereocenters. The molecule has 0 fully saturated rings. The van der Waals surface area contributed by atoms with E-state index in [1.54, 1.807) is 0 Å². The van der Waals surface area contributed by atoms with E-state index in [9.17, 15) is 0 Å². The molecule has 0 amide bonds. The number of benzene rings is 10. The van der Waals surface area contributed by atoms with Crippen molar-refractivity contribution in [2.24, 2.45) is 0 Å². The Morgan fingerprint density at radius 2 is 0.721 bits per heavy atom. The quantitative estimate of drug-likeness (QED) is 0.114. The highest BCUT2D eigenvalue weighted by Gasteiger charge is 2.15. The zero-order valence-electron chi connectivity index (χ0n) is 37.5. The minimum atomic E-state index is 0.854. The second-order valence-corrected chi connectivity index (χ2v) is 17.0. The number of para-hydroxylation sites is 2. The van der Waals surface area contributed by atoms with Gasteiger partial charge in [0.1, 0.15) is 11.2 Å². The molecule has 0 radical (unpaired) electrons. The summed E-state index contributed by atoms with van der Waals surface area (Å²) in [4.78, 5) is 2.26. The first kappa shape index (κ1) is 41.7. The van der Waals surface area contributed by atoms with E-state index >= 15 is 0 Å². The number of hydrogen-bond acceptors (Lipinski definition) is 2. The van der Waals surface area contributed by atoms with Crippen LogP contribution in [0.2, 0.25) is 0 Å². The Morgan fingerprint density at radius 3 is 1.13 bits per heavy atom. The molecule has 0 saturated heterocycles. The molecule has 322 valence electrons. The van der Waals surface area contributed by atoms with E-state index in [-0.39, 0.29) is 0 Å². The molecular formula is C66H47NO. The molecule has 68 heavy (non-hydrogen) atoms. The van der Waals surface area contributed by atoms with E-state index in [1.807, 2.05) is 18.2 Å². The molecule has 11 rings (SSSR count). The van der Waals surface area contributed by atoms with Crippen molar-refractivity contribution in [1.29, 1.82) is 0 Å². The summed E-state index contributed by atoms with van der Waals surface area (Å²) in [7, 11) is 0. The van der Waals surface area contributed by atoms with Gasteiger partial charge in [0.25, 0.3) is 0 Å². The highest BCUT2D eigenvalue weighted by atomic mass is 16.3. The third kappa shape index (κ3) is 8.63. The predicted octanol–water partition coefficient (Wildman–Crippen LogP) is 18.5. The second kappa shape index (κ2) is 18.9. The monoisotopic (exact) mass is 869 g/mol. The van der Waals surface area contributed by atoms with Crippen molar-refractivity contribution in [2.75, 3.05) is 4.90 Å². The molecule has 0 saturated carbocycles. The molecule has 10 aromatic carbocycles. The molecule has 2 nitrogen and oxygen atoms in total. The van der Waals surface area contributed by atoms with Crippen LogP contribution < -0.4 is 4.90 Å². The van der Waals surface area contributed by atoms with Gasteiger partial charge in [0.2, 0.25) is 0 Å². The SMILES string of the molecule is C=C/C=C(\C=C/N(c1ccc(-c2cc(-c3ccccc3)cc(-c3ccccc3)c2)cc1)c1ccc(-c2cc(-c3ccccc3)cc(-c3ccccc3)c2)cc1)c1cccc2c1oc1ccccc12. The minimum absolute atomic E-state index is 0.854. The third-order valence-electron chi connectivity index (χ3n) is 12.7. The van der Waals surface area contributed by atoms with Crippen molar-refractivity contribution in [2.45, 2.75) is 0 Å².